The summed E-state index contributed by atoms with van der Waals surface area (Å²) in [5.74, 6) is 0.0813. The lowest BCUT2D eigenvalue weighted by Crippen LogP contribution is -2.39. The number of rotatable bonds is 9. The first-order valence-corrected chi connectivity index (χ1v) is 10.9. The SMILES string of the molecule is CCN(C(=O)CCN(CC(=O)Nc1cc(C)ccc1C)C1CC1)c1cccc(C)c1. The van der Waals surface area contributed by atoms with Crippen LogP contribution >= 0.6 is 0 Å². The molecule has 0 bridgehead atoms. The maximum atomic E-state index is 12.9. The molecule has 0 heterocycles. The predicted molar refractivity (Wildman–Crippen MR) is 123 cm³/mol. The first kappa shape index (κ1) is 22.0. The Morgan fingerprint density at radius 3 is 2.43 bits per heavy atom. The van der Waals surface area contributed by atoms with Crippen LogP contribution in [0.2, 0.25) is 0 Å². The summed E-state index contributed by atoms with van der Waals surface area (Å²) in [4.78, 5) is 29.5. The van der Waals surface area contributed by atoms with Crippen LogP contribution in [-0.4, -0.2) is 42.4 Å². The number of aryl methyl sites for hydroxylation is 3. The van der Waals surface area contributed by atoms with E-state index in [9.17, 15) is 9.59 Å². The fourth-order valence-electron chi connectivity index (χ4n) is 3.75. The number of carbonyl (C=O) groups is 2. The number of hydrogen-bond acceptors (Lipinski definition) is 3. The number of carbonyl (C=O) groups excluding carboxylic acids is 2. The van der Waals surface area contributed by atoms with Crippen LogP contribution in [0.3, 0.4) is 0 Å². The molecule has 0 saturated heterocycles. The summed E-state index contributed by atoms with van der Waals surface area (Å²) in [6, 6.07) is 14.5. The number of amides is 2. The molecule has 2 aromatic carbocycles. The average molecular weight is 408 g/mol. The Morgan fingerprint density at radius 2 is 1.77 bits per heavy atom. The Morgan fingerprint density at radius 1 is 1.03 bits per heavy atom. The van der Waals surface area contributed by atoms with Gasteiger partial charge in [-0.25, -0.2) is 0 Å². The van der Waals surface area contributed by atoms with Crippen molar-refractivity contribution in [1.82, 2.24) is 4.90 Å². The predicted octanol–water partition coefficient (Wildman–Crippen LogP) is 4.46. The molecule has 0 atom stereocenters. The van der Waals surface area contributed by atoms with Crippen LogP contribution in [0, 0.1) is 20.8 Å². The molecule has 1 N–H and O–H groups in total. The third kappa shape index (κ3) is 5.92. The first-order chi connectivity index (χ1) is 14.4. The fourth-order valence-corrected chi connectivity index (χ4v) is 3.75. The van der Waals surface area contributed by atoms with Crippen molar-refractivity contribution in [3.63, 3.8) is 0 Å². The minimum absolute atomic E-state index is 0.0194. The Labute approximate surface area is 180 Å². The van der Waals surface area contributed by atoms with Crippen LogP contribution in [0.1, 0.15) is 42.9 Å². The largest absolute Gasteiger partial charge is 0.325 e. The molecule has 1 saturated carbocycles. The third-order valence-corrected chi connectivity index (χ3v) is 5.62. The van der Waals surface area contributed by atoms with E-state index >= 15 is 0 Å². The molecule has 0 unspecified atom stereocenters. The Hall–Kier alpha value is -2.66. The number of nitrogens with zero attached hydrogens (tertiary/aromatic N) is 2. The minimum Gasteiger partial charge on any atom is -0.325 e. The van der Waals surface area contributed by atoms with Crippen molar-refractivity contribution >= 4 is 23.2 Å². The molecule has 160 valence electrons. The van der Waals surface area contributed by atoms with Crippen molar-refractivity contribution in [1.29, 1.82) is 0 Å². The van der Waals surface area contributed by atoms with Gasteiger partial charge in [-0.1, -0.05) is 24.3 Å². The molecule has 1 aliphatic rings. The standard InChI is InChI=1S/C25H33N3O2/c1-5-28(22-8-6-7-18(2)15-22)25(30)13-14-27(21-11-12-21)17-24(29)26-23-16-19(3)9-10-20(23)4/h6-10,15-16,21H,5,11-14,17H2,1-4H3,(H,26,29). The lowest BCUT2D eigenvalue weighted by Gasteiger charge is -2.25. The van der Waals surface area contributed by atoms with Gasteiger partial charge in [0.15, 0.2) is 0 Å². The quantitative estimate of drug-likeness (QED) is 0.668. The van der Waals surface area contributed by atoms with Gasteiger partial charge in [-0.15, -0.1) is 0 Å². The van der Waals surface area contributed by atoms with Gasteiger partial charge in [0.2, 0.25) is 11.8 Å². The van der Waals surface area contributed by atoms with Crippen LogP contribution in [0.15, 0.2) is 42.5 Å². The lowest BCUT2D eigenvalue weighted by molar-refractivity contribution is -0.120. The number of anilines is 2. The summed E-state index contributed by atoms with van der Waals surface area (Å²) < 4.78 is 0. The van der Waals surface area contributed by atoms with E-state index in [0.717, 1.165) is 40.9 Å². The van der Waals surface area contributed by atoms with Crippen LogP contribution in [0.4, 0.5) is 11.4 Å². The average Bonchev–Trinajstić information content (AvgIpc) is 3.54. The molecule has 1 aliphatic carbocycles. The van der Waals surface area contributed by atoms with Crippen molar-refractivity contribution in [2.75, 3.05) is 29.9 Å². The van der Waals surface area contributed by atoms with Gasteiger partial charge in [0.1, 0.15) is 0 Å². The molecule has 2 amide bonds. The molecule has 3 rings (SSSR count). The van der Waals surface area contributed by atoms with Crippen molar-refractivity contribution in [2.24, 2.45) is 0 Å². The van der Waals surface area contributed by atoms with Gasteiger partial charge in [-0.3, -0.25) is 14.5 Å². The maximum absolute atomic E-state index is 12.9. The lowest BCUT2D eigenvalue weighted by atomic mass is 10.1. The van der Waals surface area contributed by atoms with Gasteiger partial charge in [0, 0.05) is 36.9 Å². The van der Waals surface area contributed by atoms with Crippen molar-refractivity contribution in [3.05, 3.63) is 59.2 Å². The second-order valence-corrected chi connectivity index (χ2v) is 8.30. The molecule has 0 spiro atoms. The summed E-state index contributed by atoms with van der Waals surface area (Å²) in [6.45, 7) is 9.61. The molecule has 30 heavy (non-hydrogen) atoms. The van der Waals surface area contributed by atoms with E-state index in [4.69, 9.17) is 0 Å². The zero-order valence-electron chi connectivity index (χ0n) is 18.6. The molecule has 0 aliphatic heterocycles. The monoisotopic (exact) mass is 407 g/mol. The molecular formula is C25H33N3O2. The second kappa shape index (κ2) is 9.90. The smallest absolute Gasteiger partial charge is 0.238 e. The number of benzene rings is 2. The fraction of sp³-hybridized carbons (Fsp3) is 0.440. The van der Waals surface area contributed by atoms with Crippen molar-refractivity contribution < 1.29 is 9.59 Å². The van der Waals surface area contributed by atoms with Gasteiger partial charge in [0.25, 0.3) is 0 Å². The maximum Gasteiger partial charge on any atom is 0.238 e. The molecule has 1 fully saturated rings. The van der Waals surface area contributed by atoms with E-state index in [-0.39, 0.29) is 11.8 Å². The zero-order chi connectivity index (χ0) is 21.7. The highest BCUT2D eigenvalue weighted by atomic mass is 16.2. The van der Waals surface area contributed by atoms with Gasteiger partial charge in [-0.05, 0) is 75.4 Å². The van der Waals surface area contributed by atoms with Gasteiger partial charge >= 0.3 is 0 Å². The third-order valence-electron chi connectivity index (χ3n) is 5.62. The van der Waals surface area contributed by atoms with E-state index < -0.39 is 0 Å². The zero-order valence-corrected chi connectivity index (χ0v) is 18.6. The van der Waals surface area contributed by atoms with Gasteiger partial charge < -0.3 is 10.2 Å². The highest BCUT2D eigenvalue weighted by Crippen LogP contribution is 2.27. The molecule has 5 nitrogen and oxygen atoms in total. The second-order valence-electron chi connectivity index (χ2n) is 8.30. The molecule has 2 aromatic rings. The normalized spacial score (nSPS) is 13.4. The van der Waals surface area contributed by atoms with E-state index in [1.54, 1.807) is 0 Å². The minimum atomic E-state index is -0.0194. The van der Waals surface area contributed by atoms with Crippen molar-refractivity contribution in [3.8, 4) is 0 Å². The van der Waals surface area contributed by atoms with E-state index in [2.05, 4.69) is 10.2 Å². The first-order valence-electron chi connectivity index (χ1n) is 10.9. The topological polar surface area (TPSA) is 52.7 Å². The molecule has 0 radical (unpaired) electrons. The molecule has 0 aromatic heterocycles. The number of nitrogens with one attached hydrogen (secondary N) is 1. The highest BCUT2D eigenvalue weighted by Gasteiger charge is 2.31. The van der Waals surface area contributed by atoms with Crippen LogP contribution in [0.5, 0.6) is 0 Å². The Bertz CT molecular complexity index is 905. The van der Waals surface area contributed by atoms with E-state index in [1.807, 2.05) is 75.1 Å². The Balaban J connectivity index is 1.58. The molecule has 5 heteroatoms. The summed E-state index contributed by atoms with van der Waals surface area (Å²) in [5.41, 5.74) is 5.12. The number of hydrogen-bond donors (Lipinski definition) is 1. The summed E-state index contributed by atoms with van der Waals surface area (Å²) in [7, 11) is 0. The van der Waals surface area contributed by atoms with Crippen LogP contribution in [0.25, 0.3) is 0 Å². The van der Waals surface area contributed by atoms with Crippen LogP contribution in [-0.2, 0) is 9.59 Å². The Kier molecular flexibility index (Phi) is 7.27. The highest BCUT2D eigenvalue weighted by molar-refractivity contribution is 5.94. The molecular weight excluding hydrogens is 374 g/mol. The van der Waals surface area contributed by atoms with Gasteiger partial charge in [-0.2, -0.15) is 0 Å². The summed E-state index contributed by atoms with van der Waals surface area (Å²) >= 11 is 0. The van der Waals surface area contributed by atoms with E-state index in [0.29, 0.717) is 32.1 Å². The van der Waals surface area contributed by atoms with Crippen LogP contribution < -0.4 is 10.2 Å². The van der Waals surface area contributed by atoms with E-state index in [1.165, 1.54) is 0 Å². The summed E-state index contributed by atoms with van der Waals surface area (Å²) in [6.07, 6.45) is 2.61. The summed E-state index contributed by atoms with van der Waals surface area (Å²) in [5, 5.41) is 3.04. The van der Waals surface area contributed by atoms with Gasteiger partial charge in [0.05, 0.1) is 6.54 Å². The van der Waals surface area contributed by atoms with Crippen molar-refractivity contribution in [2.45, 2.75) is 53.0 Å².